The molecule has 17 heavy (non-hydrogen) atoms. The molecule has 4 heteroatoms. The highest BCUT2D eigenvalue weighted by Crippen LogP contribution is 2.33. The van der Waals surface area contributed by atoms with Crippen LogP contribution < -0.4 is 9.47 Å². The van der Waals surface area contributed by atoms with Crippen molar-refractivity contribution in [3.05, 3.63) is 23.8 Å². The summed E-state index contributed by atoms with van der Waals surface area (Å²) < 4.78 is 16.2. The Hall–Kier alpha value is -1.71. The van der Waals surface area contributed by atoms with E-state index in [9.17, 15) is 4.79 Å². The summed E-state index contributed by atoms with van der Waals surface area (Å²) in [6, 6.07) is 5.16. The van der Waals surface area contributed by atoms with Crippen LogP contribution in [0, 0.1) is 0 Å². The first kappa shape index (κ1) is 11.8. The molecule has 0 radical (unpaired) electrons. The number of hydrogen-bond donors (Lipinski definition) is 0. The summed E-state index contributed by atoms with van der Waals surface area (Å²) in [6.07, 6.45) is 0.0602. The molecule has 2 rings (SSSR count). The third-order valence-electron chi connectivity index (χ3n) is 2.24. The fraction of sp³-hybridized carbons (Fsp3) is 0.462. The first-order valence-electron chi connectivity index (χ1n) is 5.60. The number of esters is 1. The quantitative estimate of drug-likeness (QED) is 0.741. The average molecular weight is 236 g/mol. The Morgan fingerprint density at radius 3 is 2.59 bits per heavy atom. The van der Waals surface area contributed by atoms with Gasteiger partial charge in [-0.25, -0.2) is 4.79 Å². The molecule has 0 N–H and O–H groups in total. The Kier molecular flexibility index (Phi) is 2.73. The van der Waals surface area contributed by atoms with Crippen molar-refractivity contribution in [2.75, 3.05) is 0 Å². The Bertz CT molecular complexity index is 449. The van der Waals surface area contributed by atoms with Gasteiger partial charge in [-0.1, -0.05) is 0 Å². The van der Waals surface area contributed by atoms with Crippen LogP contribution in [-0.2, 0) is 4.74 Å². The fourth-order valence-electron chi connectivity index (χ4n) is 1.67. The monoisotopic (exact) mass is 236 g/mol. The van der Waals surface area contributed by atoms with Crippen LogP contribution in [-0.4, -0.2) is 17.9 Å². The number of rotatable bonds is 2. The number of fused-ring (bicyclic) bond motifs is 1. The van der Waals surface area contributed by atoms with E-state index in [2.05, 4.69) is 0 Å². The van der Waals surface area contributed by atoms with Crippen molar-refractivity contribution in [3.8, 4) is 11.5 Å². The molecule has 0 aliphatic carbocycles. The molecule has 0 aromatic heterocycles. The van der Waals surface area contributed by atoms with Crippen LogP contribution in [0.5, 0.6) is 11.5 Å². The van der Waals surface area contributed by atoms with Gasteiger partial charge in [-0.2, -0.15) is 0 Å². The van der Waals surface area contributed by atoms with Crippen molar-refractivity contribution >= 4 is 5.97 Å². The molecule has 0 atom stereocenters. The van der Waals surface area contributed by atoms with Crippen LogP contribution in [0.2, 0.25) is 0 Å². The van der Waals surface area contributed by atoms with Crippen LogP contribution in [0.25, 0.3) is 0 Å². The average Bonchev–Trinajstić information content (AvgIpc) is 2.16. The lowest BCUT2D eigenvalue weighted by atomic mass is 10.1. The maximum atomic E-state index is 11.8. The lowest BCUT2D eigenvalue weighted by Gasteiger charge is -2.31. The van der Waals surface area contributed by atoms with Crippen LogP contribution in [0.15, 0.2) is 18.2 Å². The number of hydrogen-bond acceptors (Lipinski definition) is 4. The number of ether oxygens (including phenoxy) is 3. The summed E-state index contributed by atoms with van der Waals surface area (Å²) in [4.78, 5) is 11.8. The zero-order chi connectivity index (χ0) is 12.6. The molecule has 0 bridgehead atoms. The zero-order valence-corrected chi connectivity index (χ0v) is 10.4. The molecule has 0 fully saturated rings. The lowest BCUT2D eigenvalue weighted by Crippen LogP contribution is -2.38. The molecule has 1 aliphatic heterocycles. The molecule has 1 aliphatic rings. The minimum atomic E-state index is -0.912. The maximum Gasteiger partial charge on any atom is 0.345 e. The highest BCUT2D eigenvalue weighted by molar-refractivity contribution is 5.94. The molecule has 92 valence electrons. The van der Waals surface area contributed by atoms with Crippen molar-refractivity contribution in [1.82, 2.24) is 0 Å². The summed E-state index contributed by atoms with van der Waals surface area (Å²) in [5, 5.41) is 0. The van der Waals surface area contributed by atoms with Gasteiger partial charge >= 0.3 is 5.97 Å². The van der Waals surface area contributed by atoms with E-state index in [1.54, 1.807) is 32.0 Å². The zero-order valence-electron chi connectivity index (χ0n) is 10.4. The van der Waals surface area contributed by atoms with E-state index in [0.29, 0.717) is 17.1 Å². The molecular weight excluding hydrogens is 220 g/mol. The van der Waals surface area contributed by atoms with Gasteiger partial charge in [0.05, 0.1) is 6.10 Å². The van der Waals surface area contributed by atoms with E-state index in [1.807, 2.05) is 13.8 Å². The Morgan fingerprint density at radius 2 is 1.94 bits per heavy atom. The van der Waals surface area contributed by atoms with E-state index in [0.717, 1.165) is 0 Å². The summed E-state index contributed by atoms with van der Waals surface area (Å²) in [6.45, 7) is 7.26. The summed E-state index contributed by atoms with van der Waals surface area (Å²) >= 11 is 0. The standard InChI is InChI=1S/C13H16O4/c1-8(2)15-9-5-6-11-10(7-9)12(14)17-13(3,4)16-11/h5-8H,1-4H3. The molecule has 1 heterocycles. The molecular formula is C13H16O4. The third-order valence-corrected chi connectivity index (χ3v) is 2.24. The second kappa shape index (κ2) is 3.95. The molecule has 0 saturated carbocycles. The van der Waals surface area contributed by atoms with Gasteiger partial charge in [0.2, 0.25) is 5.79 Å². The summed E-state index contributed by atoms with van der Waals surface area (Å²) in [5.74, 6) is -0.128. The molecule has 4 nitrogen and oxygen atoms in total. The van der Waals surface area contributed by atoms with E-state index in [1.165, 1.54) is 0 Å². The second-order valence-corrected chi connectivity index (χ2v) is 4.72. The number of benzene rings is 1. The third kappa shape index (κ3) is 2.52. The van der Waals surface area contributed by atoms with Gasteiger partial charge in [0.25, 0.3) is 0 Å². The predicted molar refractivity (Wildman–Crippen MR) is 62.3 cm³/mol. The topological polar surface area (TPSA) is 44.8 Å². The lowest BCUT2D eigenvalue weighted by molar-refractivity contribution is -0.127. The van der Waals surface area contributed by atoms with Crippen LogP contribution >= 0.6 is 0 Å². The van der Waals surface area contributed by atoms with Crippen LogP contribution in [0.1, 0.15) is 38.1 Å². The minimum absolute atomic E-state index is 0.0602. The second-order valence-electron chi connectivity index (χ2n) is 4.72. The van der Waals surface area contributed by atoms with E-state index >= 15 is 0 Å². The highest BCUT2D eigenvalue weighted by Gasteiger charge is 2.34. The van der Waals surface area contributed by atoms with Crippen molar-refractivity contribution in [3.63, 3.8) is 0 Å². The first-order chi connectivity index (χ1) is 7.87. The Morgan fingerprint density at radius 1 is 1.24 bits per heavy atom. The first-order valence-corrected chi connectivity index (χ1v) is 5.60. The SMILES string of the molecule is CC(C)Oc1ccc2c(c1)C(=O)OC(C)(C)O2. The molecule has 1 aromatic carbocycles. The van der Waals surface area contributed by atoms with Gasteiger partial charge in [0.1, 0.15) is 17.1 Å². The van der Waals surface area contributed by atoms with Gasteiger partial charge in [-0.3, -0.25) is 0 Å². The molecule has 0 amide bonds. The Labute approximate surface area is 100 Å². The summed E-state index contributed by atoms with van der Waals surface area (Å²) in [7, 11) is 0. The van der Waals surface area contributed by atoms with Gasteiger partial charge in [-0.15, -0.1) is 0 Å². The smallest absolute Gasteiger partial charge is 0.345 e. The van der Waals surface area contributed by atoms with Gasteiger partial charge in [0, 0.05) is 13.8 Å². The Balaban J connectivity index is 2.34. The predicted octanol–water partition coefficient (Wildman–Crippen LogP) is 2.76. The maximum absolute atomic E-state index is 11.8. The number of carbonyl (C=O) groups excluding carboxylic acids is 1. The molecule has 1 aromatic rings. The number of carbonyl (C=O) groups is 1. The molecule has 0 unspecified atom stereocenters. The van der Waals surface area contributed by atoms with Crippen molar-refractivity contribution in [2.24, 2.45) is 0 Å². The van der Waals surface area contributed by atoms with Crippen molar-refractivity contribution < 1.29 is 19.0 Å². The van der Waals surface area contributed by atoms with Crippen molar-refractivity contribution in [1.29, 1.82) is 0 Å². The van der Waals surface area contributed by atoms with Gasteiger partial charge in [-0.05, 0) is 32.0 Å². The van der Waals surface area contributed by atoms with Gasteiger partial charge in [0.15, 0.2) is 0 Å². The minimum Gasteiger partial charge on any atom is -0.491 e. The largest absolute Gasteiger partial charge is 0.491 e. The normalized spacial score (nSPS) is 17.1. The van der Waals surface area contributed by atoms with Gasteiger partial charge < -0.3 is 14.2 Å². The molecule has 0 spiro atoms. The van der Waals surface area contributed by atoms with E-state index in [-0.39, 0.29) is 12.1 Å². The van der Waals surface area contributed by atoms with E-state index in [4.69, 9.17) is 14.2 Å². The van der Waals surface area contributed by atoms with Crippen LogP contribution in [0.3, 0.4) is 0 Å². The van der Waals surface area contributed by atoms with Crippen molar-refractivity contribution in [2.45, 2.75) is 39.6 Å². The van der Waals surface area contributed by atoms with E-state index < -0.39 is 5.79 Å². The van der Waals surface area contributed by atoms with Crippen LogP contribution in [0.4, 0.5) is 0 Å². The molecule has 0 saturated heterocycles. The fourth-order valence-corrected chi connectivity index (χ4v) is 1.67. The summed E-state index contributed by atoms with van der Waals surface area (Å²) in [5.41, 5.74) is 0.405. The highest BCUT2D eigenvalue weighted by atomic mass is 16.7. The number of cyclic esters (lactones) is 1.